The monoisotopic (exact) mass is 791 g/mol. The number of benzene rings is 6. The van der Waals surface area contributed by atoms with Gasteiger partial charge in [-0.25, -0.2) is 0 Å². The summed E-state index contributed by atoms with van der Waals surface area (Å²) in [5, 5.41) is 6.94. The van der Waals surface area contributed by atoms with Crippen LogP contribution in [0.5, 0.6) is 0 Å². The molecule has 3 nitrogen and oxygen atoms in total. The van der Waals surface area contributed by atoms with E-state index in [-0.39, 0.29) is 20.8 Å². The molecule has 0 saturated heterocycles. The Morgan fingerprint density at radius 3 is 1.95 bits per heavy atom. The summed E-state index contributed by atoms with van der Waals surface area (Å²) in [7, 11) is -0.106. The zero-order chi connectivity index (χ0) is 28.8. The molecule has 0 amide bonds. The zero-order valence-corrected chi connectivity index (χ0v) is 28.5. The Labute approximate surface area is 273 Å². The van der Waals surface area contributed by atoms with Gasteiger partial charge in [0.25, 0.3) is 0 Å². The molecule has 0 aliphatic carbocycles. The lowest BCUT2D eigenvalue weighted by Gasteiger charge is -2.38. The lowest BCUT2D eigenvalue weighted by atomic mass is 9.95. The molecular formula is C36H28I2NO2P. The zero-order valence-electron chi connectivity index (χ0n) is 23.1. The summed E-state index contributed by atoms with van der Waals surface area (Å²) in [6.45, 7) is 4.63. The van der Waals surface area contributed by atoms with Crippen LogP contribution in [0.1, 0.15) is 37.1 Å². The minimum atomic E-state index is -0.106. The summed E-state index contributed by atoms with van der Waals surface area (Å²) in [6.07, 6.45) is 0. The van der Waals surface area contributed by atoms with Gasteiger partial charge < -0.3 is 13.3 Å². The Hall–Kier alpha value is -3.00. The maximum absolute atomic E-state index is 6.37. The number of hydrogen-bond acceptors (Lipinski definition) is 3. The van der Waals surface area contributed by atoms with E-state index in [1.807, 2.05) is 0 Å². The normalized spacial score (nSPS) is 13.2. The first kappa shape index (κ1) is 27.8. The van der Waals surface area contributed by atoms with Crippen molar-refractivity contribution in [2.45, 2.75) is 25.9 Å². The fourth-order valence-corrected chi connectivity index (χ4v) is 8.30. The van der Waals surface area contributed by atoms with E-state index in [1.165, 1.54) is 41.9 Å². The van der Waals surface area contributed by atoms with E-state index in [4.69, 9.17) is 8.39 Å². The van der Waals surface area contributed by atoms with Crippen molar-refractivity contribution < 1.29 is 8.39 Å². The van der Waals surface area contributed by atoms with Gasteiger partial charge in [0.15, 0.2) is 5.58 Å². The predicted octanol–water partition coefficient (Wildman–Crippen LogP) is 12.2. The molecule has 208 valence electrons. The van der Waals surface area contributed by atoms with E-state index in [1.54, 1.807) is 0 Å². The van der Waals surface area contributed by atoms with Gasteiger partial charge in [-0.3, -0.25) is 0 Å². The average Bonchev–Trinajstić information content (AvgIpc) is 3.23. The molecule has 0 radical (unpaired) electrons. The Balaban J connectivity index is 1.62. The first-order valence-corrected chi connectivity index (χ1v) is 16.9. The molecule has 42 heavy (non-hydrogen) atoms. The predicted molar refractivity (Wildman–Crippen MR) is 196 cm³/mol. The van der Waals surface area contributed by atoms with Crippen LogP contribution in [-0.2, 0) is 0 Å². The molecular weight excluding hydrogens is 763 g/mol. The molecule has 0 aliphatic rings. The lowest BCUT2D eigenvalue weighted by molar-refractivity contribution is 0.588. The summed E-state index contributed by atoms with van der Waals surface area (Å²) >= 11 is 4.92. The molecule has 0 aliphatic heterocycles. The van der Waals surface area contributed by atoms with Crippen molar-refractivity contribution in [3.05, 3.63) is 134 Å². The third-order valence-corrected chi connectivity index (χ3v) is 10.2. The van der Waals surface area contributed by atoms with Crippen molar-refractivity contribution in [1.29, 1.82) is 0 Å². The second-order valence-corrected chi connectivity index (χ2v) is 13.6. The minimum Gasteiger partial charge on any atom is -0.421 e. The number of hydrogen-bond donors (Lipinski definition) is 0. The summed E-state index contributed by atoms with van der Waals surface area (Å²) in [4.78, 5) is 2.58. The van der Waals surface area contributed by atoms with E-state index in [0.29, 0.717) is 0 Å². The molecule has 1 aromatic heterocycles. The fourth-order valence-electron chi connectivity index (χ4n) is 6.20. The largest absolute Gasteiger partial charge is 0.421 e. The van der Waals surface area contributed by atoms with Crippen LogP contribution >= 0.6 is 53.9 Å². The van der Waals surface area contributed by atoms with Gasteiger partial charge in [-0.2, -0.15) is 0 Å². The number of fused-ring (bicyclic) bond motifs is 7. The molecule has 3 unspecified atom stereocenters. The SMILES string of the molecule is CC(c1ccccc1)N(c1cc(I)cc2c1cc(I)c1o[pH]oc3ccc4ccccc4c3c12)C(C)c1ccccc1. The number of halogens is 2. The molecule has 1 heterocycles. The smallest absolute Gasteiger partial charge is 0.201 e. The molecule has 6 heteroatoms. The average molecular weight is 791 g/mol. The van der Waals surface area contributed by atoms with Crippen LogP contribution in [0.3, 0.4) is 0 Å². The van der Waals surface area contributed by atoms with Gasteiger partial charge in [0.1, 0.15) is 5.58 Å². The summed E-state index contributed by atoms with van der Waals surface area (Å²) in [5.41, 5.74) is 5.53. The van der Waals surface area contributed by atoms with Crippen LogP contribution in [0.25, 0.3) is 43.5 Å². The molecule has 0 spiro atoms. The Bertz CT molecular complexity index is 2070. The number of rotatable bonds is 5. The Morgan fingerprint density at radius 2 is 1.26 bits per heavy atom. The second-order valence-electron chi connectivity index (χ2n) is 10.6. The Kier molecular flexibility index (Phi) is 7.67. The van der Waals surface area contributed by atoms with Gasteiger partial charge in [-0.15, -0.1) is 0 Å². The van der Waals surface area contributed by atoms with Gasteiger partial charge in [-0.05, 0) is 111 Å². The minimum absolute atomic E-state index is 0.106. The van der Waals surface area contributed by atoms with Crippen molar-refractivity contribution >= 4 is 103 Å². The van der Waals surface area contributed by atoms with Crippen molar-refractivity contribution in [2.24, 2.45) is 0 Å². The van der Waals surface area contributed by atoms with Crippen molar-refractivity contribution in [2.75, 3.05) is 4.90 Å². The van der Waals surface area contributed by atoms with E-state index in [2.05, 4.69) is 179 Å². The van der Waals surface area contributed by atoms with Crippen LogP contribution in [0.2, 0.25) is 0 Å². The van der Waals surface area contributed by atoms with E-state index in [9.17, 15) is 0 Å². The molecule has 0 N–H and O–H groups in total. The maximum atomic E-state index is 6.37. The lowest BCUT2D eigenvalue weighted by Crippen LogP contribution is -2.30. The van der Waals surface area contributed by atoms with Crippen LogP contribution in [0, 0.1) is 7.14 Å². The third kappa shape index (κ3) is 4.89. The second kappa shape index (κ2) is 11.6. The van der Waals surface area contributed by atoms with E-state index < -0.39 is 0 Å². The van der Waals surface area contributed by atoms with Crippen LogP contribution in [0.15, 0.2) is 124 Å². The van der Waals surface area contributed by atoms with Crippen LogP contribution in [0.4, 0.5) is 5.69 Å². The van der Waals surface area contributed by atoms with Crippen LogP contribution in [-0.4, -0.2) is 0 Å². The quantitative estimate of drug-likeness (QED) is 0.163. The summed E-state index contributed by atoms with van der Waals surface area (Å²) < 4.78 is 14.9. The van der Waals surface area contributed by atoms with E-state index in [0.717, 1.165) is 25.5 Å². The number of nitrogens with zero attached hydrogens (tertiary/aromatic N) is 1. The molecule has 3 atom stereocenters. The van der Waals surface area contributed by atoms with Gasteiger partial charge in [0.05, 0.1) is 15.7 Å². The highest BCUT2D eigenvalue weighted by molar-refractivity contribution is 14.1. The molecule has 0 saturated carbocycles. The van der Waals surface area contributed by atoms with Gasteiger partial charge in [0.2, 0.25) is 8.67 Å². The first-order chi connectivity index (χ1) is 20.5. The molecule has 0 fully saturated rings. The molecule has 6 aromatic carbocycles. The van der Waals surface area contributed by atoms with Gasteiger partial charge in [0, 0.05) is 25.4 Å². The van der Waals surface area contributed by atoms with Gasteiger partial charge in [-0.1, -0.05) is 91.0 Å². The van der Waals surface area contributed by atoms with Gasteiger partial charge >= 0.3 is 0 Å². The first-order valence-electron chi connectivity index (χ1n) is 14.0. The topological polar surface area (TPSA) is 29.5 Å². The molecule has 7 aromatic rings. The highest BCUT2D eigenvalue weighted by Gasteiger charge is 2.26. The van der Waals surface area contributed by atoms with E-state index >= 15 is 0 Å². The number of anilines is 1. The van der Waals surface area contributed by atoms with Crippen LogP contribution < -0.4 is 4.90 Å². The van der Waals surface area contributed by atoms with Crippen molar-refractivity contribution in [3.63, 3.8) is 0 Å². The maximum Gasteiger partial charge on any atom is 0.201 e. The highest BCUT2D eigenvalue weighted by Crippen LogP contribution is 2.45. The molecule has 0 bridgehead atoms. The highest BCUT2D eigenvalue weighted by atomic mass is 127. The Morgan fingerprint density at radius 1 is 0.619 bits per heavy atom. The van der Waals surface area contributed by atoms with Crippen molar-refractivity contribution in [3.8, 4) is 0 Å². The fraction of sp³-hybridized carbons (Fsp3) is 0.111. The van der Waals surface area contributed by atoms with Crippen molar-refractivity contribution in [1.82, 2.24) is 0 Å². The summed E-state index contributed by atoms with van der Waals surface area (Å²) in [6, 6.07) is 41.6. The standard InChI is InChI=1S/C36H28I2NO2P/c1-22(24-11-5-3-6-12-24)39(23(2)25-13-7-4-8-14-25)32-20-27(37)19-30-29(32)21-31(38)36-35(30)34-28-16-10-9-15-26(28)17-18-33(34)40-42-41-36/h3-23,42H,1-2H3. The third-order valence-electron chi connectivity index (χ3n) is 8.22. The summed E-state index contributed by atoms with van der Waals surface area (Å²) in [5.74, 6) is 0. The molecule has 7 rings (SSSR count).